The summed E-state index contributed by atoms with van der Waals surface area (Å²) in [4.78, 5) is 13.7. The molecule has 2 rings (SSSR count). The molecule has 0 radical (unpaired) electrons. The quantitative estimate of drug-likeness (QED) is 0.811. The molecule has 0 amide bonds. The van der Waals surface area contributed by atoms with Gasteiger partial charge in [0, 0.05) is 13.1 Å². The first kappa shape index (κ1) is 12.8. The van der Waals surface area contributed by atoms with Gasteiger partial charge in [0.15, 0.2) is 0 Å². The van der Waals surface area contributed by atoms with E-state index in [2.05, 4.69) is 11.8 Å². The lowest BCUT2D eigenvalue weighted by molar-refractivity contribution is -0.149. The average Bonchev–Trinajstić information content (AvgIpc) is 2.60. The van der Waals surface area contributed by atoms with Crippen molar-refractivity contribution in [1.82, 2.24) is 4.90 Å². The molecule has 88 valence electrons. The number of carboxylic acids is 1. The van der Waals surface area contributed by atoms with Crippen LogP contribution in [-0.4, -0.2) is 35.6 Å². The Balaban J connectivity index is 0.00000112. The van der Waals surface area contributed by atoms with Gasteiger partial charge in [-0.2, -0.15) is 0 Å². The number of likely N-dealkylation sites (tertiary alicyclic amines) is 1. The number of carbonyl (C=O) groups is 1. The second-order valence-electron chi connectivity index (χ2n) is 4.79. The smallest absolute Gasteiger partial charge is 0.311 e. The van der Waals surface area contributed by atoms with Crippen molar-refractivity contribution in [1.29, 1.82) is 0 Å². The average molecular weight is 234 g/mol. The largest absolute Gasteiger partial charge is 0.481 e. The van der Waals surface area contributed by atoms with Crippen LogP contribution in [0, 0.1) is 11.3 Å². The molecule has 0 aromatic rings. The van der Waals surface area contributed by atoms with Crippen molar-refractivity contribution in [2.24, 2.45) is 11.3 Å². The highest BCUT2D eigenvalue weighted by Crippen LogP contribution is 2.48. The van der Waals surface area contributed by atoms with E-state index < -0.39 is 5.97 Å². The van der Waals surface area contributed by atoms with E-state index in [1.807, 2.05) is 0 Å². The molecule has 0 aromatic heterocycles. The van der Waals surface area contributed by atoms with Crippen LogP contribution in [-0.2, 0) is 4.79 Å². The Bertz CT molecular complexity index is 247. The molecule has 2 fully saturated rings. The van der Waals surface area contributed by atoms with Gasteiger partial charge in [0.25, 0.3) is 0 Å². The van der Waals surface area contributed by atoms with Crippen LogP contribution in [0.3, 0.4) is 0 Å². The van der Waals surface area contributed by atoms with Crippen LogP contribution in [0.4, 0.5) is 0 Å². The van der Waals surface area contributed by atoms with E-state index in [4.69, 9.17) is 0 Å². The van der Waals surface area contributed by atoms with Gasteiger partial charge in [-0.1, -0.05) is 13.3 Å². The lowest BCUT2D eigenvalue weighted by Gasteiger charge is -2.23. The highest BCUT2D eigenvalue weighted by molar-refractivity contribution is 5.85. The lowest BCUT2D eigenvalue weighted by atomic mass is 9.81. The van der Waals surface area contributed by atoms with E-state index in [1.54, 1.807) is 0 Å². The molecule has 1 N–H and O–H groups in total. The summed E-state index contributed by atoms with van der Waals surface area (Å²) in [5, 5.41) is 9.33. The van der Waals surface area contributed by atoms with Crippen molar-refractivity contribution in [3.63, 3.8) is 0 Å². The van der Waals surface area contributed by atoms with Crippen molar-refractivity contribution in [2.45, 2.75) is 32.6 Å². The van der Waals surface area contributed by atoms with Gasteiger partial charge in [-0.25, -0.2) is 0 Å². The zero-order chi connectivity index (χ0) is 10.2. The fraction of sp³-hybridized carbons (Fsp3) is 0.909. The predicted molar refractivity (Wildman–Crippen MR) is 61.4 cm³/mol. The van der Waals surface area contributed by atoms with Crippen molar-refractivity contribution in [3.8, 4) is 0 Å². The van der Waals surface area contributed by atoms with Gasteiger partial charge in [0.1, 0.15) is 0 Å². The fourth-order valence-corrected chi connectivity index (χ4v) is 3.23. The first-order valence-electron chi connectivity index (χ1n) is 5.65. The minimum atomic E-state index is -0.557. The molecule has 15 heavy (non-hydrogen) atoms. The van der Waals surface area contributed by atoms with E-state index >= 15 is 0 Å². The molecule has 1 aliphatic heterocycles. The van der Waals surface area contributed by atoms with E-state index in [9.17, 15) is 9.90 Å². The number of halogens is 1. The van der Waals surface area contributed by atoms with Gasteiger partial charge in [-0.15, -0.1) is 12.4 Å². The summed E-state index contributed by atoms with van der Waals surface area (Å²) >= 11 is 0. The van der Waals surface area contributed by atoms with Crippen LogP contribution in [0.2, 0.25) is 0 Å². The second-order valence-corrected chi connectivity index (χ2v) is 4.79. The Morgan fingerprint density at radius 2 is 2.33 bits per heavy atom. The van der Waals surface area contributed by atoms with Crippen LogP contribution >= 0.6 is 12.4 Å². The molecule has 0 aromatic carbocycles. The third kappa shape index (κ3) is 2.00. The number of hydrogen-bond donors (Lipinski definition) is 1. The molecule has 1 saturated carbocycles. The zero-order valence-corrected chi connectivity index (χ0v) is 10.1. The topological polar surface area (TPSA) is 40.5 Å². The highest BCUT2D eigenvalue weighted by atomic mass is 35.5. The molecule has 0 bridgehead atoms. The van der Waals surface area contributed by atoms with E-state index in [0.29, 0.717) is 5.92 Å². The number of rotatable bonds is 3. The van der Waals surface area contributed by atoms with E-state index in [-0.39, 0.29) is 17.8 Å². The monoisotopic (exact) mass is 233 g/mol. The van der Waals surface area contributed by atoms with Crippen molar-refractivity contribution in [3.05, 3.63) is 0 Å². The number of fused-ring (bicyclic) bond motifs is 1. The van der Waals surface area contributed by atoms with Crippen LogP contribution in [0.1, 0.15) is 32.6 Å². The Hall–Kier alpha value is -0.280. The molecule has 1 aliphatic carbocycles. The lowest BCUT2D eigenvalue weighted by Crippen LogP contribution is -2.35. The molecule has 4 heteroatoms. The Labute approximate surface area is 97.2 Å². The van der Waals surface area contributed by atoms with Gasteiger partial charge in [0.05, 0.1) is 5.41 Å². The Morgan fingerprint density at radius 1 is 1.60 bits per heavy atom. The zero-order valence-electron chi connectivity index (χ0n) is 9.24. The van der Waals surface area contributed by atoms with Crippen LogP contribution < -0.4 is 0 Å². The molecular weight excluding hydrogens is 214 g/mol. The molecule has 2 aliphatic rings. The summed E-state index contributed by atoms with van der Waals surface area (Å²) in [7, 11) is 0. The maximum Gasteiger partial charge on any atom is 0.311 e. The van der Waals surface area contributed by atoms with Gasteiger partial charge in [-0.3, -0.25) is 4.79 Å². The maximum absolute atomic E-state index is 11.3. The SMILES string of the molecule is CCCN1C[C@@H]2CCC[C@@]2(C(=O)O)C1.Cl. The Morgan fingerprint density at radius 3 is 2.87 bits per heavy atom. The van der Waals surface area contributed by atoms with Gasteiger partial charge >= 0.3 is 5.97 Å². The van der Waals surface area contributed by atoms with Crippen molar-refractivity contribution >= 4 is 18.4 Å². The third-order valence-electron chi connectivity index (χ3n) is 3.91. The van der Waals surface area contributed by atoms with Crippen LogP contribution in [0.15, 0.2) is 0 Å². The maximum atomic E-state index is 11.3. The summed E-state index contributed by atoms with van der Waals surface area (Å²) in [6.45, 7) is 5.02. The summed E-state index contributed by atoms with van der Waals surface area (Å²) in [5.74, 6) is -0.134. The van der Waals surface area contributed by atoms with Crippen molar-refractivity contribution in [2.75, 3.05) is 19.6 Å². The number of hydrogen-bond acceptors (Lipinski definition) is 2. The van der Waals surface area contributed by atoms with Crippen LogP contribution in [0.25, 0.3) is 0 Å². The number of nitrogens with zero attached hydrogens (tertiary/aromatic N) is 1. The summed E-state index contributed by atoms with van der Waals surface area (Å²) in [6, 6.07) is 0. The summed E-state index contributed by atoms with van der Waals surface area (Å²) in [5.41, 5.74) is -0.380. The first-order valence-corrected chi connectivity index (χ1v) is 5.65. The number of carboxylic acid groups (broad SMARTS) is 1. The fourth-order valence-electron chi connectivity index (χ4n) is 3.23. The molecular formula is C11H20ClNO2. The molecule has 0 spiro atoms. The normalized spacial score (nSPS) is 34.9. The van der Waals surface area contributed by atoms with Gasteiger partial charge < -0.3 is 10.0 Å². The Kier molecular flexibility index (Phi) is 4.01. The minimum absolute atomic E-state index is 0. The standard InChI is InChI=1S/C11H19NO2.ClH/c1-2-6-12-7-9-4-3-5-11(9,8-12)10(13)14;/h9H,2-8H2,1H3,(H,13,14);1H/t9-,11+;/m0./s1. The minimum Gasteiger partial charge on any atom is -0.481 e. The summed E-state index contributed by atoms with van der Waals surface area (Å²) < 4.78 is 0. The number of aliphatic carboxylic acids is 1. The van der Waals surface area contributed by atoms with E-state index in [0.717, 1.165) is 45.3 Å². The molecule has 1 saturated heterocycles. The third-order valence-corrected chi connectivity index (χ3v) is 3.91. The molecule has 2 atom stereocenters. The molecule has 3 nitrogen and oxygen atoms in total. The molecule has 1 heterocycles. The predicted octanol–water partition coefficient (Wildman–Crippen LogP) is 2.00. The van der Waals surface area contributed by atoms with Crippen molar-refractivity contribution < 1.29 is 9.90 Å². The van der Waals surface area contributed by atoms with Gasteiger partial charge in [-0.05, 0) is 31.7 Å². The summed E-state index contributed by atoms with van der Waals surface area (Å²) in [6.07, 6.45) is 4.25. The van der Waals surface area contributed by atoms with Gasteiger partial charge in [0.2, 0.25) is 0 Å². The van der Waals surface area contributed by atoms with Crippen LogP contribution in [0.5, 0.6) is 0 Å². The highest BCUT2D eigenvalue weighted by Gasteiger charge is 2.54. The first-order chi connectivity index (χ1) is 6.69. The molecule has 0 unspecified atom stereocenters. The van der Waals surface area contributed by atoms with E-state index in [1.165, 1.54) is 0 Å². The second kappa shape index (κ2) is 4.71.